The van der Waals surface area contributed by atoms with Gasteiger partial charge < -0.3 is 37.6 Å². The Bertz CT molecular complexity index is 616. The molecule has 0 spiro atoms. The summed E-state index contributed by atoms with van der Waals surface area (Å²) in [5, 5.41) is 25.3. The lowest BCUT2D eigenvalue weighted by Gasteiger charge is -2.25. The van der Waals surface area contributed by atoms with E-state index in [1.165, 1.54) is 25.6 Å². The Hall–Kier alpha value is -2.38. The van der Waals surface area contributed by atoms with Gasteiger partial charge in [-0.3, -0.25) is 24.0 Å². The van der Waals surface area contributed by atoms with Gasteiger partial charge in [-0.15, -0.1) is 0 Å². The predicted molar refractivity (Wildman–Crippen MR) is 106 cm³/mol. The maximum absolute atomic E-state index is 12.5. The summed E-state index contributed by atoms with van der Waals surface area (Å²) in [6, 6.07) is -5.14. The number of aliphatic hydroxyl groups is 1. The van der Waals surface area contributed by atoms with Gasteiger partial charge in [-0.1, -0.05) is 0 Å². The Labute approximate surface area is 172 Å². The molecule has 0 saturated heterocycles. The molecule has 0 aliphatic carbocycles. The van der Waals surface area contributed by atoms with Gasteiger partial charge in [0.15, 0.2) is 0 Å². The topological polar surface area (TPSA) is 214 Å². The van der Waals surface area contributed by atoms with Gasteiger partial charge >= 0.3 is 5.97 Å². The van der Waals surface area contributed by atoms with Crippen molar-refractivity contribution in [3.63, 3.8) is 0 Å². The molecule has 0 radical (unpaired) electrons. The number of carbonyl (C=O) groups is 5. The average molecular weight is 436 g/mol. The number of hydrogen-bond acceptors (Lipinski definition) is 8. The van der Waals surface area contributed by atoms with Crippen LogP contribution in [-0.4, -0.2) is 82.1 Å². The van der Waals surface area contributed by atoms with E-state index < -0.39 is 66.3 Å². The fourth-order valence-electron chi connectivity index (χ4n) is 2.09. The zero-order valence-electron chi connectivity index (χ0n) is 16.5. The van der Waals surface area contributed by atoms with Crippen LogP contribution in [0.5, 0.6) is 0 Å². The Kier molecular flexibility index (Phi) is 11.9. The molecule has 0 bridgehead atoms. The van der Waals surface area contributed by atoms with E-state index >= 15 is 0 Å². The molecule has 0 rings (SSSR count). The largest absolute Gasteiger partial charge is 0.480 e. The second-order valence-electron chi connectivity index (χ2n) is 6.41. The third-order valence-electron chi connectivity index (χ3n) is 3.80. The summed E-state index contributed by atoms with van der Waals surface area (Å²) < 4.78 is 0. The smallest absolute Gasteiger partial charge is 0.325 e. The number of carboxylic acids is 1. The van der Waals surface area contributed by atoms with E-state index in [4.69, 9.17) is 16.6 Å². The molecule has 9 N–H and O–H groups in total. The summed E-state index contributed by atoms with van der Waals surface area (Å²) >= 11 is 1.48. The summed E-state index contributed by atoms with van der Waals surface area (Å²) in [6.07, 6.45) is 0.228. The van der Waals surface area contributed by atoms with Gasteiger partial charge in [0.1, 0.15) is 18.1 Å². The molecule has 5 unspecified atom stereocenters. The number of rotatable bonds is 13. The third-order valence-corrected chi connectivity index (χ3v) is 4.44. The number of carboxylic acid groups (broad SMARTS) is 1. The number of amides is 4. The van der Waals surface area contributed by atoms with Crippen molar-refractivity contribution in [2.45, 2.75) is 57.0 Å². The standard InChI is InChI=1S/C16H29N5O7S/c1-7(16(27)28)19-14(25)10(6-11(18)23)20-15(26)12(8(2)22)21-13(24)9(17)4-5-29-3/h7-10,12,22H,4-6,17H2,1-3H3,(H2,18,23)(H,19,25)(H,20,26)(H,21,24)(H,27,28). The minimum atomic E-state index is -1.50. The minimum absolute atomic E-state index is 0.348. The van der Waals surface area contributed by atoms with Crippen molar-refractivity contribution in [2.24, 2.45) is 11.5 Å². The average Bonchev–Trinajstić information content (AvgIpc) is 2.62. The lowest BCUT2D eigenvalue weighted by Crippen LogP contribution is -2.60. The highest BCUT2D eigenvalue weighted by Crippen LogP contribution is 2.02. The molecule has 12 nitrogen and oxygen atoms in total. The van der Waals surface area contributed by atoms with Crippen LogP contribution in [0.2, 0.25) is 0 Å². The van der Waals surface area contributed by atoms with Gasteiger partial charge in [0.25, 0.3) is 0 Å². The van der Waals surface area contributed by atoms with Crippen molar-refractivity contribution < 1.29 is 34.2 Å². The van der Waals surface area contributed by atoms with Gasteiger partial charge in [-0.05, 0) is 32.3 Å². The summed E-state index contributed by atoms with van der Waals surface area (Å²) in [5.74, 6) is -4.23. The number of nitrogens with two attached hydrogens (primary N) is 2. The summed E-state index contributed by atoms with van der Waals surface area (Å²) in [5.41, 5.74) is 10.8. The zero-order chi connectivity index (χ0) is 22.7. The van der Waals surface area contributed by atoms with Crippen LogP contribution in [0, 0.1) is 0 Å². The predicted octanol–water partition coefficient (Wildman–Crippen LogP) is -3.12. The Morgan fingerprint density at radius 2 is 1.59 bits per heavy atom. The maximum Gasteiger partial charge on any atom is 0.325 e. The normalized spacial score (nSPS) is 15.9. The molecular weight excluding hydrogens is 406 g/mol. The molecule has 0 aliphatic heterocycles. The van der Waals surface area contributed by atoms with E-state index in [0.29, 0.717) is 12.2 Å². The second-order valence-corrected chi connectivity index (χ2v) is 7.40. The van der Waals surface area contributed by atoms with Crippen LogP contribution in [0.15, 0.2) is 0 Å². The van der Waals surface area contributed by atoms with Gasteiger partial charge in [0.2, 0.25) is 23.6 Å². The number of nitrogens with one attached hydrogen (secondary N) is 3. The number of aliphatic carboxylic acids is 1. The molecule has 0 aromatic heterocycles. The quantitative estimate of drug-likeness (QED) is 0.155. The SMILES string of the molecule is CSCCC(N)C(=O)NC(C(=O)NC(CC(N)=O)C(=O)NC(C)C(=O)O)C(C)O. The van der Waals surface area contributed by atoms with Crippen LogP contribution in [0.3, 0.4) is 0 Å². The first kappa shape index (κ1) is 26.6. The molecule has 5 atom stereocenters. The molecule has 4 amide bonds. The lowest BCUT2D eigenvalue weighted by molar-refractivity contribution is -0.142. The van der Waals surface area contributed by atoms with E-state index in [0.717, 1.165) is 0 Å². The Morgan fingerprint density at radius 1 is 1.00 bits per heavy atom. The van der Waals surface area contributed by atoms with E-state index in [9.17, 15) is 29.1 Å². The molecule has 13 heteroatoms. The maximum atomic E-state index is 12.5. The van der Waals surface area contributed by atoms with Crippen LogP contribution in [0.25, 0.3) is 0 Å². The highest BCUT2D eigenvalue weighted by atomic mass is 32.2. The van der Waals surface area contributed by atoms with Crippen molar-refractivity contribution >= 4 is 41.4 Å². The molecule has 0 heterocycles. The highest BCUT2D eigenvalue weighted by molar-refractivity contribution is 7.98. The molecule has 29 heavy (non-hydrogen) atoms. The number of aliphatic hydroxyl groups excluding tert-OH is 1. The van der Waals surface area contributed by atoms with E-state index in [2.05, 4.69) is 16.0 Å². The van der Waals surface area contributed by atoms with Crippen molar-refractivity contribution in [3.05, 3.63) is 0 Å². The first-order valence-electron chi connectivity index (χ1n) is 8.75. The second kappa shape index (κ2) is 13.0. The third kappa shape index (κ3) is 10.1. The molecule has 0 aliphatic rings. The van der Waals surface area contributed by atoms with Crippen molar-refractivity contribution in [3.8, 4) is 0 Å². The van der Waals surface area contributed by atoms with E-state index in [-0.39, 0.29) is 0 Å². The molecular formula is C16H29N5O7S. The minimum Gasteiger partial charge on any atom is -0.480 e. The Balaban J connectivity index is 5.23. The van der Waals surface area contributed by atoms with Gasteiger partial charge in [0.05, 0.1) is 18.6 Å². The van der Waals surface area contributed by atoms with E-state index in [1.54, 1.807) is 0 Å². The fraction of sp³-hybridized carbons (Fsp3) is 0.688. The Morgan fingerprint density at radius 3 is 2.03 bits per heavy atom. The summed E-state index contributed by atoms with van der Waals surface area (Å²) in [6.45, 7) is 2.44. The van der Waals surface area contributed by atoms with Crippen LogP contribution in [0.1, 0.15) is 26.7 Å². The molecule has 0 fully saturated rings. The lowest BCUT2D eigenvalue weighted by atomic mass is 10.1. The first-order valence-corrected chi connectivity index (χ1v) is 10.1. The van der Waals surface area contributed by atoms with Crippen LogP contribution >= 0.6 is 11.8 Å². The van der Waals surface area contributed by atoms with Crippen LogP contribution < -0.4 is 27.4 Å². The molecule has 0 aromatic rings. The molecule has 0 aromatic carbocycles. The summed E-state index contributed by atoms with van der Waals surface area (Å²) in [7, 11) is 0. The van der Waals surface area contributed by atoms with Crippen LogP contribution in [0.4, 0.5) is 0 Å². The highest BCUT2D eigenvalue weighted by Gasteiger charge is 2.32. The number of hydrogen-bond donors (Lipinski definition) is 7. The number of primary amides is 1. The van der Waals surface area contributed by atoms with Gasteiger partial charge in [0, 0.05) is 0 Å². The fourth-order valence-corrected chi connectivity index (χ4v) is 2.58. The van der Waals surface area contributed by atoms with Gasteiger partial charge in [-0.2, -0.15) is 11.8 Å². The number of thioether (sulfide) groups is 1. The van der Waals surface area contributed by atoms with Crippen LogP contribution in [-0.2, 0) is 24.0 Å². The van der Waals surface area contributed by atoms with Crippen molar-refractivity contribution in [2.75, 3.05) is 12.0 Å². The van der Waals surface area contributed by atoms with Crippen molar-refractivity contribution in [1.82, 2.24) is 16.0 Å². The molecule has 166 valence electrons. The zero-order valence-corrected chi connectivity index (χ0v) is 17.3. The summed E-state index contributed by atoms with van der Waals surface area (Å²) in [4.78, 5) is 58.9. The van der Waals surface area contributed by atoms with Gasteiger partial charge in [-0.25, -0.2) is 0 Å². The van der Waals surface area contributed by atoms with E-state index in [1.807, 2.05) is 6.26 Å². The van der Waals surface area contributed by atoms with Crippen molar-refractivity contribution in [1.29, 1.82) is 0 Å². The first-order chi connectivity index (χ1) is 13.4. The molecule has 0 saturated carbocycles. The monoisotopic (exact) mass is 435 g/mol. The number of carbonyl (C=O) groups excluding carboxylic acids is 4.